The van der Waals surface area contributed by atoms with Crippen molar-refractivity contribution < 1.29 is 9.13 Å². The second-order valence-corrected chi connectivity index (χ2v) is 6.48. The van der Waals surface area contributed by atoms with E-state index in [1.54, 1.807) is 12.1 Å². The fourth-order valence-corrected chi connectivity index (χ4v) is 3.51. The minimum Gasteiger partial charge on any atom is -0.494 e. The molecule has 0 saturated heterocycles. The van der Waals surface area contributed by atoms with Crippen LogP contribution >= 0.6 is 0 Å². The molecule has 1 aliphatic rings. The van der Waals surface area contributed by atoms with Gasteiger partial charge in [0.25, 0.3) is 0 Å². The molecule has 2 aromatic rings. The van der Waals surface area contributed by atoms with E-state index in [4.69, 9.17) is 4.74 Å². The van der Waals surface area contributed by atoms with Gasteiger partial charge < -0.3 is 15.0 Å². The molecule has 0 radical (unpaired) electrons. The smallest absolute Gasteiger partial charge is 0.247 e. The molecule has 1 fully saturated rings. The molecule has 1 aliphatic carbocycles. The third-order valence-electron chi connectivity index (χ3n) is 4.87. The molecule has 1 aromatic heterocycles. The number of nitrogens with one attached hydrogen (secondary N) is 2. The summed E-state index contributed by atoms with van der Waals surface area (Å²) >= 11 is 0. The van der Waals surface area contributed by atoms with Crippen LogP contribution in [0.25, 0.3) is 0 Å². The summed E-state index contributed by atoms with van der Waals surface area (Å²) in [5.74, 6) is 0.394. The molecule has 1 unspecified atom stereocenters. The lowest BCUT2D eigenvalue weighted by Crippen LogP contribution is -2.29. The van der Waals surface area contributed by atoms with Gasteiger partial charge in [0.2, 0.25) is 5.56 Å². The molecule has 3 rings (SSSR count). The molecule has 2 N–H and O–H groups in total. The molecule has 1 heterocycles. The average molecular weight is 330 g/mol. The van der Waals surface area contributed by atoms with Gasteiger partial charge in [-0.05, 0) is 55.4 Å². The summed E-state index contributed by atoms with van der Waals surface area (Å²) in [7, 11) is 1.47. The zero-order valence-corrected chi connectivity index (χ0v) is 14.0. The first-order chi connectivity index (χ1) is 11.6. The number of halogens is 1. The van der Waals surface area contributed by atoms with Gasteiger partial charge in [0.15, 0.2) is 11.6 Å². The third-order valence-corrected chi connectivity index (χ3v) is 4.87. The van der Waals surface area contributed by atoms with Crippen LogP contribution in [0.1, 0.15) is 49.3 Å². The van der Waals surface area contributed by atoms with E-state index in [9.17, 15) is 9.18 Å². The summed E-state index contributed by atoms with van der Waals surface area (Å²) in [6, 6.07) is 9.05. The van der Waals surface area contributed by atoms with Crippen LogP contribution in [0.2, 0.25) is 0 Å². The normalized spacial score (nSPS) is 21.6. The van der Waals surface area contributed by atoms with Crippen molar-refractivity contribution in [2.75, 3.05) is 7.11 Å². The molecule has 3 atom stereocenters. The molecule has 4 nitrogen and oxygen atoms in total. The maximum absolute atomic E-state index is 13.9. The number of pyridine rings is 1. The van der Waals surface area contributed by atoms with E-state index in [2.05, 4.69) is 17.2 Å². The molecule has 0 aliphatic heterocycles. The number of hydrogen-bond donors (Lipinski definition) is 2. The summed E-state index contributed by atoms with van der Waals surface area (Å²) in [4.78, 5) is 13.9. The number of methoxy groups -OCH3 is 1. The highest BCUT2D eigenvalue weighted by Crippen LogP contribution is 2.35. The van der Waals surface area contributed by atoms with E-state index >= 15 is 0 Å². The predicted octanol–water partition coefficient (Wildman–Crippen LogP) is 3.51. The van der Waals surface area contributed by atoms with E-state index in [-0.39, 0.29) is 23.2 Å². The number of aromatic nitrogens is 1. The zero-order valence-electron chi connectivity index (χ0n) is 14.0. The maximum atomic E-state index is 13.9. The average Bonchev–Trinajstić information content (AvgIpc) is 3.04. The highest BCUT2D eigenvalue weighted by Gasteiger charge is 2.27. The van der Waals surface area contributed by atoms with Gasteiger partial charge in [-0.3, -0.25) is 4.79 Å². The van der Waals surface area contributed by atoms with Crippen molar-refractivity contribution in [1.82, 2.24) is 10.3 Å². The Morgan fingerprint density at radius 1 is 1.29 bits per heavy atom. The van der Waals surface area contributed by atoms with E-state index in [1.165, 1.54) is 18.7 Å². The van der Waals surface area contributed by atoms with Crippen molar-refractivity contribution >= 4 is 0 Å². The summed E-state index contributed by atoms with van der Waals surface area (Å²) in [6.45, 7) is 2.05. The van der Waals surface area contributed by atoms with Crippen LogP contribution in [-0.2, 0) is 0 Å². The quantitative estimate of drug-likeness (QED) is 0.882. The lowest BCUT2D eigenvalue weighted by molar-refractivity contribution is 0.385. The van der Waals surface area contributed by atoms with Gasteiger partial charge >= 0.3 is 0 Å². The molecule has 0 bridgehead atoms. The number of rotatable bonds is 5. The van der Waals surface area contributed by atoms with Gasteiger partial charge in [-0.25, -0.2) is 4.39 Å². The molecular formula is C19H23FN2O2. The first kappa shape index (κ1) is 16.7. The van der Waals surface area contributed by atoms with Gasteiger partial charge in [0, 0.05) is 24.3 Å². The van der Waals surface area contributed by atoms with E-state index in [0.29, 0.717) is 12.0 Å². The van der Waals surface area contributed by atoms with Crippen LogP contribution in [0.3, 0.4) is 0 Å². The summed E-state index contributed by atoms with van der Waals surface area (Å²) in [6.07, 6.45) is 5.01. The largest absolute Gasteiger partial charge is 0.494 e. The van der Waals surface area contributed by atoms with Crippen molar-refractivity contribution in [1.29, 1.82) is 0 Å². The van der Waals surface area contributed by atoms with Crippen LogP contribution in [-0.4, -0.2) is 18.1 Å². The maximum Gasteiger partial charge on any atom is 0.247 e. The summed E-state index contributed by atoms with van der Waals surface area (Å²) in [5.41, 5.74) is 2.03. The van der Waals surface area contributed by atoms with Crippen molar-refractivity contribution in [2.45, 2.75) is 44.2 Å². The summed E-state index contributed by atoms with van der Waals surface area (Å²) < 4.78 is 18.8. The molecule has 0 spiro atoms. The lowest BCUT2D eigenvalue weighted by Gasteiger charge is -2.20. The second-order valence-electron chi connectivity index (χ2n) is 6.48. The Morgan fingerprint density at radius 2 is 2.12 bits per heavy atom. The molecule has 5 heteroatoms. The Labute approximate surface area is 141 Å². The van der Waals surface area contributed by atoms with Gasteiger partial charge in [0.1, 0.15) is 0 Å². The van der Waals surface area contributed by atoms with Gasteiger partial charge in [-0.1, -0.05) is 12.1 Å². The summed E-state index contributed by atoms with van der Waals surface area (Å²) in [5, 5.41) is 3.59. The Kier molecular flexibility index (Phi) is 5.00. The standard InChI is InChI=1S/C19H23FN2O2/c1-12(13-4-7-18(24-2)17(20)10-13)22-16-6-3-14(9-16)15-5-8-19(23)21-11-15/h4-5,7-8,10-12,14,16,22H,3,6,9H2,1-2H3,(H,21,23)/t12-,14+,16?/m1/s1. The molecule has 1 aromatic carbocycles. The SMILES string of the molecule is COc1ccc([C@@H](C)NC2CC[C@H](c3ccc(=O)[nH]c3)C2)cc1F. The predicted molar refractivity (Wildman–Crippen MR) is 91.9 cm³/mol. The fraction of sp³-hybridized carbons (Fsp3) is 0.421. The molecule has 24 heavy (non-hydrogen) atoms. The van der Waals surface area contributed by atoms with Crippen molar-refractivity contribution in [3.63, 3.8) is 0 Å². The monoisotopic (exact) mass is 330 g/mol. The Hall–Kier alpha value is -2.14. The second kappa shape index (κ2) is 7.18. The molecular weight excluding hydrogens is 307 g/mol. The Morgan fingerprint density at radius 3 is 2.79 bits per heavy atom. The highest BCUT2D eigenvalue weighted by atomic mass is 19.1. The van der Waals surface area contributed by atoms with Crippen LogP contribution in [0.5, 0.6) is 5.75 Å². The van der Waals surface area contributed by atoms with E-state index in [0.717, 1.165) is 24.8 Å². The van der Waals surface area contributed by atoms with Crippen LogP contribution in [0.15, 0.2) is 41.3 Å². The first-order valence-corrected chi connectivity index (χ1v) is 8.35. The minimum absolute atomic E-state index is 0.0680. The van der Waals surface area contributed by atoms with Crippen molar-refractivity contribution in [2.24, 2.45) is 0 Å². The first-order valence-electron chi connectivity index (χ1n) is 8.35. The zero-order chi connectivity index (χ0) is 17.1. The number of benzene rings is 1. The number of ether oxygens (including phenoxy) is 1. The molecule has 128 valence electrons. The van der Waals surface area contributed by atoms with Gasteiger partial charge in [-0.2, -0.15) is 0 Å². The molecule has 0 amide bonds. The number of aromatic amines is 1. The highest BCUT2D eigenvalue weighted by molar-refractivity contribution is 5.31. The number of H-pyrrole nitrogens is 1. The molecule has 1 saturated carbocycles. The topological polar surface area (TPSA) is 54.1 Å². The Balaban J connectivity index is 1.61. The van der Waals surface area contributed by atoms with Crippen LogP contribution in [0.4, 0.5) is 4.39 Å². The van der Waals surface area contributed by atoms with E-state index in [1.807, 2.05) is 18.3 Å². The third kappa shape index (κ3) is 3.67. The minimum atomic E-state index is -0.332. The van der Waals surface area contributed by atoms with Gasteiger partial charge in [0.05, 0.1) is 7.11 Å². The lowest BCUT2D eigenvalue weighted by atomic mass is 9.99. The van der Waals surface area contributed by atoms with Crippen molar-refractivity contribution in [3.8, 4) is 5.75 Å². The van der Waals surface area contributed by atoms with Crippen molar-refractivity contribution in [3.05, 3.63) is 63.8 Å². The van der Waals surface area contributed by atoms with Crippen LogP contribution in [0, 0.1) is 5.82 Å². The number of hydrogen-bond acceptors (Lipinski definition) is 3. The Bertz CT molecular complexity index is 739. The van der Waals surface area contributed by atoms with E-state index < -0.39 is 0 Å². The van der Waals surface area contributed by atoms with Crippen LogP contribution < -0.4 is 15.6 Å². The fourth-order valence-electron chi connectivity index (χ4n) is 3.51. The van der Waals surface area contributed by atoms with Gasteiger partial charge in [-0.15, -0.1) is 0 Å².